The third-order valence-corrected chi connectivity index (χ3v) is 8.11. The molecule has 0 fully saturated rings. The third-order valence-electron chi connectivity index (χ3n) is 7.32. The number of pyridine rings is 3. The standard InChI is InChI=1S/C33H24N4OS/c1-21(16-28-32-30(14-15-34-28)39-20-36-32)29-18-23-9-7-12-26(24-17-22-8-5-6-13-27(22)35-19-24)31(23)33(38)37(29)25-10-3-2-4-11-25/h2-15,17-21H,16H2,1H3/t21-/m1/s1. The lowest BCUT2D eigenvalue weighted by molar-refractivity contribution is 0.688. The SMILES string of the molecule is C[C@H](Cc1nccc2scnc12)c1cc2cccc(-c3cnc4ccccc4c3)c2c(=O)n1-c1ccccc1. The number of para-hydroxylation sites is 2. The molecule has 0 saturated carbocycles. The zero-order chi connectivity index (χ0) is 26.3. The number of thiazole rings is 1. The molecular weight excluding hydrogens is 500 g/mol. The van der Waals surface area contributed by atoms with Crippen molar-refractivity contribution in [3.05, 3.63) is 131 Å². The van der Waals surface area contributed by atoms with E-state index in [2.05, 4.69) is 40.1 Å². The maximum absolute atomic E-state index is 14.5. The van der Waals surface area contributed by atoms with Gasteiger partial charge in [-0.05, 0) is 53.8 Å². The van der Waals surface area contributed by atoms with E-state index in [0.717, 1.165) is 54.7 Å². The molecule has 5 nitrogen and oxygen atoms in total. The Labute approximate surface area is 229 Å². The summed E-state index contributed by atoms with van der Waals surface area (Å²) in [5.74, 6) is 0.0214. The fourth-order valence-corrected chi connectivity index (χ4v) is 6.13. The van der Waals surface area contributed by atoms with Crippen LogP contribution in [-0.2, 0) is 6.42 Å². The molecule has 0 amide bonds. The molecule has 0 aliphatic rings. The summed E-state index contributed by atoms with van der Waals surface area (Å²) >= 11 is 1.62. The highest BCUT2D eigenvalue weighted by molar-refractivity contribution is 7.16. The van der Waals surface area contributed by atoms with Gasteiger partial charge < -0.3 is 0 Å². The first-order valence-electron chi connectivity index (χ1n) is 12.9. The summed E-state index contributed by atoms with van der Waals surface area (Å²) in [7, 11) is 0. The maximum Gasteiger partial charge on any atom is 0.263 e. The molecule has 0 radical (unpaired) electrons. The van der Waals surface area contributed by atoms with Crippen molar-refractivity contribution in [1.29, 1.82) is 0 Å². The van der Waals surface area contributed by atoms with Crippen LogP contribution in [0.4, 0.5) is 0 Å². The molecule has 4 heterocycles. The molecule has 0 unspecified atom stereocenters. The smallest absolute Gasteiger partial charge is 0.263 e. The summed E-state index contributed by atoms with van der Waals surface area (Å²) in [6.07, 6.45) is 4.38. The monoisotopic (exact) mass is 524 g/mol. The van der Waals surface area contributed by atoms with Crippen molar-refractivity contribution in [2.45, 2.75) is 19.3 Å². The summed E-state index contributed by atoms with van der Waals surface area (Å²) in [4.78, 5) is 28.3. The number of benzene rings is 3. The van der Waals surface area contributed by atoms with Crippen LogP contribution in [0.15, 0.2) is 114 Å². The van der Waals surface area contributed by atoms with Gasteiger partial charge in [0.05, 0.1) is 26.8 Å². The molecule has 39 heavy (non-hydrogen) atoms. The van der Waals surface area contributed by atoms with Gasteiger partial charge in [0.1, 0.15) is 5.52 Å². The minimum atomic E-state index is -0.0378. The molecule has 188 valence electrons. The number of hydrogen-bond acceptors (Lipinski definition) is 5. The predicted octanol–water partition coefficient (Wildman–Crippen LogP) is 7.56. The molecule has 0 spiro atoms. The average molecular weight is 525 g/mol. The van der Waals surface area contributed by atoms with E-state index in [-0.39, 0.29) is 11.5 Å². The second-order valence-corrected chi connectivity index (χ2v) is 10.7. The van der Waals surface area contributed by atoms with E-state index in [1.165, 1.54) is 0 Å². The minimum Gasteiger partial charge on any atom is -0.280 e. The Morgan fingerprint density at radius 2 is 1.67 bits per heavy atom. The average Bonchev–Trinajstić information content (AvgIpc) is 3.47. The van der Waals surface area contributed by atoms with Crippen LogP contribution in [-0.4, -0.2) is 19.5 Å². The number of aromatic nitrogens is 4. The van der Waals surface area contributed by atoms with E-state index in [1.807, 2.05) is 95.3 Å². The topological polar surface area (TPSA) is 60.7 Å². The first-order chi connectivity index (χ1) is 19.2. The quantitative estimate of drug-likeness (QED) is 0.233. The van der Waals surface area contributed by atoms with Gasteiger partial charge in [-0.3, -0.25) is 19.3 Å². The van der Waals surface area contributed by atoms with Gasteiger partial charge in [0.25, 0.3) is 5.56 Å². The van der Waals surface area contributed by atoms with E-state index in [0.29, 0.717) is 11.8 Å². The van der Waals surface area contributed by atoms with Gasteiger partial charge in [0, 0.05) is 40.6 Å². The Morgan fingerprint density at radius 3 is 2.56 bits per heavy atom. The molecule has 0 aliphatic heterocycles. The Kier molecular flexibility index (Phi) is 5.75. The van der Waals surface area contributed by atoms with Crippen LogP contribution < -0.4 is 5.56 Å². The van der Waals surface area contributed by atoms with E-state index in [1.54, 1.807) is 11.3 Å². The van der Waals surface area contributed by atoms with E-state index in [9.17, 15) is 4.79 Å². The molecule has 0 saturated heterocycles. The summed E-state index contributed by atoms with van der Waals surface area (Å²) < 4.78 is 2.99. The van der Waals surface area contributed by atoms with Gasteiger partial charge in [0.15, 0.2) is 0 Å². The van der Waals surface area contributed by atoms with E-state index in [4.69, 9.17) is 0 Å². The van der Waals surface area contributed by atoms with Crippen LogP contribution in [0.25, 0.3) is 48.7 Å². The third kappa shape index (κ3) is 4.10. The van der Waals surface area contributed by atoms with Gasteiger partial charge in [-0.2, -0.15) is 0 Å². The lowest BCUT2D eigenvalue weighted by atomic mass is 9.94. The molecule has 0 N–H and O–H groups in total. The number of fused-ring (bicyclic) bond motifs is 3. The molecule has 1 atom stereocenters. The van der Waals surface area contributed by atoms with E-state index >= 15 is 0 Å². The lowest BCUT2D eigenvalue weighted by Gasteiger charge is -2.21. The molecule has 7 aromatic rings. The van der Waals surface area contributed by atoms with Crippen LogP contribution in [0, 0.1) is 0 Å². The molecular formula is C33H24N4OS. The fraction of sp³-hybridized carbons (Fsp3) is 0.0909. The lowest BCUT2D eigenvalue weighted by Crippen LogP contribution is -2.24. The highest BCUT2D eigenvalue weighted by Crippen LogP contribution is 2.32. The van der Waals surface area contributed by atoms with Gasteiger partial charge in [0.2, 0.25) is 0 Å². The zero-order valence-electron chi connectivity index (χ0n) is 21.3. The Balaban J connectivity index is 1.44. The minimum absolute atomic E-state index is 0.0214. The van der Waals surface area contributed by atoms with Crippen molar-refractivity contribution < 1.29 is 0 Å². The zero-order valence-corrected chi connectivity index (χ0v) is 22.1. The number of hydrogen-bond donors (Lipinski definition) is 0. The van der Waals surface area contributed by atoms with Crippen molar-refractivity contribution in [2.24, 2.45) is 0 Å². The Hall–Kier alpha value is -4.68. The van der Waals surface area contributed by atoms with Crippen LogP contribution in [0.5, 0.6) is 0 Å². The van der Waals surface area contributed by atoms with Crippen molar-refractivity contribution in [3.63, 3.8) is 0 Å². The second kappa shape index (κ2) is 9.57. The van der Waals surface area contributed by atoms with Gasteiger partial charge in [-0.15, -0.1) is 11.3 Å². The predicted molar refractivity (Wildman–Crippen MR) is 160 cm³/mol. The summed E-state index contributed by atoms with van der Waals surface area (Å²) in [5.41, 5.74) is 8.25. The number of rotatable bonds is 5. The molecule has 7 rings (SSSR count). The Morgan fingerprint density at radius 1 is 0.846 bits per heavy atom. The largest absolute Gasteiger partial charge is 0.280 e. The molecule has 0 aliphatic carbocycles. The van der Waals surface area contributed by atoms with Crippen molar-refractivity contribution >= 4 is 43.2 Å². The van der Waals surface area contributed by atoms with Crippen LogP contribution in [0.1, 0.15) is 24.2 Å². The van der Waals surface area contributed by atoms with Gasteiger partial charge >= 0.3 is 0 Å². The molecule has 4 aromatic heterocycles. The van der Waals surface area contributed by atoms with Crippen molar-refractivity contribution in [3.8, 4) is 16.8 Å². The number of nitrogens with zero attached hydrogens (tertiary/aromatic N) is 4. The highest BCUT2D eigenvalue weighted by Gasteiger charge is 2.20. The summed E-state index contributed by atoms with van der Waals surface area (Å²) in [5, 5.41) is 2.65. The summed E-state index contributed by atoms with van der Waals surface area (Å²) in [6.45, 7) is 2.16. The molecule has 0 bridgehead atoms. The Bertz CT molecular complexity index is 2050. The molecule has 3 aromatic carbocycles. The first kappa shape index (κ1) is 23.4. The fourth-order valence-electron chi connectivity index (χ4n) is 5.44. The highest BCUT2D eigenvalue weighted by atomic mass is 32.1. The summed E-state index contributed by atoms with van der Waals surface area (Å²) in [6, 6.07) is 30.3. The maximum atomic E-state index is 14.5. The first-order valence-corrected chi connectivity index (χ1v) is 13.8. The van der Waals surface area contributed by atoms with Crippen molar-refractivity contribution in [2.75, 3.05) is 0 Å². The van der Waals surface area contributed by atoms with Crippen molar-refractivity contribution in [1.82, 2.24) is 19.5 Å². The van der Waals surface area contributed by atoms with E-state index < -0.39 is 0 Å². The van der Waals surface area contributed by atoms with Crippen LogP contribution >= 0.6 is 11.3 Å². The normalized spacial score (nSPS) is 12.3. The van der Waals surface area contributed by atoms with Gasteiger partial charge in [-0.25, -0.2) is 4.98 Å². The van der Waals surface area contributed by atoms with Crippen LogP contribution in [0.3, 0.4) is 0 Å². The second-order valence-electron chi connectivity index (χ2n) is 9.79. The van der Waals surface area contributed by atoms with Gasteiger partial charge in [-0.1, -0.05) is 61.5 Å². The van der Waals surface area contributed by atoms with Crippen LogP contribution in [0.2, 0.25) is 0 Å². The molecule has 6 heteroatoms.